The van der Waals surface area contributed by atoms with E-state index in [1.807, 2.05) is 0 Å². The summed E-state index contributed by atoms with van der Waals surface area (Å²) in [5.41, 5.74) is 2.57. The third-order valence-electron chi connectivity index (χ3n) is 3.33. The molecular formula is C15H18O8. The maximum absolute atomic E-state index is 11.4. The first-order valence-corrected chi connectivity index (χ1v) is 7.02. The minimum absolute atomic E-state index is 0.594. The lowest BCUT2D eigenvalue weighted by Crippen LogP contribution is -2.58. The molecule has 0 unspecified atom stereocenters. The van der Waals surface area contributed by atoms with Crippen LogP contribution in [-0.4, -0.2) is 54.7 Å². The van der Waals surface area contributed by atoms with Gasteiger partial charge < -0.3 is 23.7 Å². The standard InChI is InChI=1S/C15H18O8/c1-5-6-10-11-12(19-7(2)16)13(20-8(3)17)14(21-9(4)18)15(22-10)23-11/h6,10-15H,1H2,2-4H3/t10-,11+,12+,13-,14-,15-/m0/s1. The minimum atomic E-state index is -1.06. The quantitative estimate of drug-likeness (QED) is 0.412. The highest BCUT2D eigenvalue weighted by atomic mass is 16.8. The van der Waals surface area contributed by atoms with Gasteiger partial charge in [0, 0.05) is 20.8 Å². The van der Waals surface area contributed by atoms with Crippen LogP contribution in [0.2, 0.25) is 0 Å². The molecule has 0 radical (unpaired) electrons. The third-order valence-corrected chi connectivity index (χ3v) is 3.33. The normalized spacial score (nSPS) is 34.9. The van der Waals surface area contributed by atoms with E-state index >= 15 is 0 Å². The zero-order chi connectivity index (χ0) is 17.1. The van der Waals surface area contributed by atoms with Crippen molar-refractivity contribution in [1.82, 2.24) is 0 Å². The van der Waals surface area contributed by atoms with Gasteiger partial charge in [-0.25, -0.2) is 0 Å². The fourth-order valence-corrected chi connectivity index (χ4v) is 2.66. The summed E-state index contributed by atoms with van der Waals surface area (Å²) < 4.78 is 26.9. The van der Waals surface area contributed by atoms with E-state index in [0.29, 0.717) is 0 Å². The highest BCUT2D eigenvalue weighted by molar-refractivity contribution is 5.68. The van der Waals surface area contributed by atoms with Crippen molar-refractivity contribution in [3.63, 3.8) is 0 Å². The molecule has 2 bridgehead atoms. The van der Waals surface area contributed by atoms with Crippen molar-refractivity contribution >= 4 is 17.9 Å². The summed E-state index contributed by atoms with van der Waals surface area (Å²) in [6.07, 6.45) is -3.88. The molecule has 126 valence electrons. The van der Waals surface area contributed by atoms with Crippen molar-refractivity contribution in [2.45, 2.75) is 57.6 Å². The molecule has 0 N–H and O–H groups in total. The molecule has 23 heavy (non-hydrogen) atoms. The maximum Gasteiger partial charge on any atom is 0.303 e. The topological polar surface area (TPSA) is 97.4 Å². The number of esters is 3. The number of rotatable bonds is 4. The summed E-state index contributed by atoms with van der Waals surface area (Å²) in [6.45, 7) is 7.08. The molecule has 0 aliphatic carbocycles. The molecule has 0 aromatic carbocycles. The van der Waals surface area contributed by atoms with E-state index in [1.54, 1.807) is 0 Å². The molecule has 2 aliphatic rings. The lowest BCUT2D eigenvalue weighted by atomic mass is 9.97. The molecule has 0 amide bonds. The number of carbonyl (C=O) groups excluding carboxylic acids is 3. The van der Waals surface area contributed by atoms with Crippen molar-refractivity contribution in [3.8, 4) is 0 Å². The highest BCUT2D eigenvalue weighted by Gasteiger charge is 2.59. The number of carbonyl (C=O) groups is 3. The molecule has 2 fully saturated rings. The smallest absolute Gasteiger partial charge is 0.303 e. The summed E-state index contributed by atoms with van der Waals surface area (Å²) in [5, 5.41) is 0. The van der Waals surface area contributed by atoms with Crippen molar-refractivity contribution in [1.29, 1.82) is 0 Å². The van der Waals surface area contributed by atoms with Crippen LogP contribution in [0.1, 0.15) is 20.8 Å². The summed E-state index contributed by atoms with van der Waals surface area (Å²) in [6, 6.07) is 0. The predicted molar refractivity (Wildman–Crippen MR) is 73.9 cm³/mol. The maximum atomic E-state index is 11.4. The van der Waals surface area contributed by atoms with E-state index in [9.17, 15) is 14.4 Å². The molecule has 6 atom stereocenters. The monoisotopic (exact) mass is 326 g/mol. The Hall–Kier alpha value is -2.15. The Morgan fingerprint density at radius 2 is 1.43 bits per heavy atom. The van der Waals surface area contributed by atoms with Gasteiger partial charge in [-0.1, -0.05) is 6.58 Å². The van der Waals surface area contributed by atoms with Gasteiger partial charge in [-0.3, -0.25) is 14.4 Å². The molecule has 0 aromatic heterocycles. The molecule has 0 saturated carbocycles. The Morgan fingerprint density at radius 3 is 1.96 bits per heavy atom. The van der Waals surface area contributed by atoms with E-state index in [4.69, 9.17) is 23.7 Å². The first kappa shape index (κ1) is 17.2. The van der Waals surface area contributed by atoms with E-state index in [2.05, 4.69) is 12.3 Å². The van der Waals surface area contributed by atoms with Gasteiger partial charge in [0.1, 0.15) is 12.2 Å². The fourth-order valence-electron chi connectivity index (χ4n) is 2.66. The fraction of sp³-hybridized carbons (Fsp3) is 0.600. The summed E-state index contributed by atoms with van der Waals surface area (Å²) in [4.78, 5) is 34.2. The summed E-state index contributed by atoms with van der Waals surface area (Å²) in [5.74, 6) is -1.81. The van der Waals surface area contributed by atoms with Gasteiger partial charge in [0.15, 0.2) is 24.6 Å². The number of hydrogen-bond acceptors (Lipinski definition) is 8. The Kier molecular flexibility index (Phi) is 5.20. The molecule has 0 spiro atoms. The molecular weight excluding hydrogens is 308 g/mol. The van der Waals surface area contributed by atoms with Crippen molar-refractivity contribution in [2.24, 2.45) is 0 Å². The predicted octanol–water partition coefficient (Wildman–Crippen LogP) is 0.246. The summed E-state index contributed by atoms with van der Waals surface area (Å²) >= 11 is 0. The Morgan fingerprint density at radius 1 is 0.913 bits per heavy atom. The van der Waals surface area contributed by atoms with Gasteiger partial charge in [-0.2, -0.15) is 0 Å². The SMILES string of the molecule is C=C=C[C@@H]1O[C@H]2O[C@H]1[C@@H](OC(C)=O)[C@H](OC(C)=O)[C@@H]2OC(C)=O. The van der Waals surface area contributed by atoms with Crippen LogP contribution in [0.4, 0.5) is 0 Å². The second-order valence-corrected chi connectivity index (χ2v) is 5.16. The molecule has 2 heterocycles. The van der Waals surface area contributed by atoms with E-state index in [1.165, 1.54) is 26.8 Å². The number of fused-ring (bicyclic) bond motifs is 2. The third kappa shape index (κ3) is 3.79. The Balaban J connectivity index is 2.37. The van der Waals surface area contributed by atoms with Gasteiger partial charge in [-0.05, 0) is 6.08 Å². The average Bonchev–Trinajstić information content (AvgIpc) is 2.79. The van der Waals surface area contributed by atoms with Crippen LogP contribution in [0, 0.1) is 0 Å². The van der Waals surface area contributed by atoms with Gasteiger partial charge in [0.2, 0.25) is 0 Å². The lowest BCUT2D eigenvalue weighted by molar-refractivity contribution is -0.250. The van der Waals surface area contributed by atoms with Crippen molar-refractivity contribution in [3.05, 3.63) is 18.4 Å². The molecule has 0 aromatic rings. The number of hydrogen-bond donors (Lipinski definition) is 0. The first-order chi connectivity index (χ1) is 10.8. The van der Waals surface area contributed by atoms with Crippen molar-refractivity contribution < 1.29 is 38.1 Å². The zero-order valence-electron chi connectivity index (χ0n) is 13.0. The minimum Gasteiger partial charge on any atom is -0.456 e. The van der Waals surface area contributed by atoms with Crippen LogP contribution in [0.25, 0.3) is 0 Å². The van der Waals surface area contributed by atoms with Gasteiger partial charge >= 0.3 is 17.9 Å². The molecule has 2 saturated heterocycles. The van der Waals surface area contributed by atoms with E-state index in [-0.39, 0.29) is 0 Å². The molecule has 2 aliphatic heterocycles. The van der Waals surface area contributed by atoms with Crippen LogP contribution < -0.4 is 0 Å². The van der Waals surface area contributed by atoms with Crippen LogP contribution in [0.3, 0.4) is 0 Å². The Bertz CT molecular complexity index is 534. The van der Waals surface area contributed by atoms with Crippen LogP contribution in [0.15, 0.2) is 18.4 Å². The van der Waals surface area contributed by atoms with Gasteiger partial charge in [0.05, 0.1) is 0 Å². The van der Waals surface area contributed by atoms with E-state index < -0.39 is 54.7 Å². The molecule has 8 heteroatoms. The van der Waals surface area contributed by atoms with Crippen LogP contribution >= 0.6 is 0 Å². The Labute approximate surface area is 133 Å². The zero-order valence-corrected chi connectivity index (χ0v) is 13.0. The lowest BCUT2D eigenvalue weighted by Gasteiger charge is -2.38. The van der Waals surface area contributed by atoms with Crippen LogP contribution in [0.5, 0.6) is 0 Å². The number of ether oxygens (including phenoxy) is 5. The largest absolute Gasteiger partial charge is 0.456 e. The summed E-state index contributed by atoms with van der Waals surface area (Å²) in [7, 11) is 0. The average molecular weight is 326 g/mol. The van der Waals surface area contributed by atoms with Gasteiger partial charge in [-0.15, -0.1) is 5.73 Å². The highest BCUT2D eigenvalue weighted by Crippen LogP contribution is 2.37. The van der Waals surface area contributed by atoms with Crippen LogP contribution in [-0.2, 0) is 38.1 Å². The van der Waals surface area contributed by atoms with E-state index in [0.717, 1.165) is 0 Å². The molecule has 2 rings (SSSR count). The first-order valence-electron chi connectivity index (χ1n) is 7.02. The van der Waals surface area contributed by atoms with Crippen molar-refractivity contribution in [2.75, 3.05) is 0 Å². The second-order valence-electron chi connectivity index (χ2n) is 5.16. The second kappa shape index (κ2) is 6.95. The van der Waals surface area contributed by atoms with Gasteiger partial charge in [0.25, 0.3) is 0 Å². The molecule has 8 nitrogen and oxygen atoms in total.